The minimum absolute atomic E-state index is 0.235. The molecule has 1 amide bonds. The summed E-state index contributed by atoms with van der Waals surface area (Å²) in [6, 6.07) is 19.9. The van der Waals surface area contributed by atoms with Crippen molar-refractivity contribution in [1.82, 2.24) is 14.6 Å². The number of nitrogens with one attached hydrogen (secondary N) is 1. The molecule has 1 N–H and O–H groups in total. The molecule has 4 aromatic rings. The molecule has 0 saturated heterocycles. The summed E-state index contributed by atoms with van der Waals surface area (Å²) in [6.45, 7) is 8.50. The van der Waals surface area contributed by atoms with Crippen molar-refractivity contribution >= 4 is 12.1 Å². The van der Waals surface area contributed by atoms with Crippen molar-refractivity contribution < 1.29 is 4.79 Å². The zero-order valence-corrected chi connectivity index (χ0v) is 19.0. The normalized spacial score (nSPS) is 11.2. The minimum atomic E-state index is -0.235. The van der Waals surface area contributed by atoms with Gasteiger partial charge in [0.15, 0.2) is 0 Å². The number of rotatable bonds is 6. The van der Waals surface area contributed by atoms with Crippen LogP contribution in [0.3, 0.4) is 0 Å². The van der Waals surface area contributed by atoms with E-state index in [2.05, 4.69) is 67.1 Å². The second kappa shape index (κ2) is 9.10. The summed E-state index contributed by atoms with van der Waals surface area (Å²) in [6.07, 6.45) is 6.62. The number of carbonyl (C=O) groups excluding carboxylic acids is 1. The third kappa shape index (κ3) is 4.14. The molecular weight excluding hydrogens is 396 g/mol. The highest BCUT2D eigenvalue weighted by atomic mass is 16.2. The molecule has 4 rings (SSSR count). The zero-order chi connectivity index (χ0) is 22.7. The van der Waals surface area contributed by atoms with Crippen molar-refractivity contribution in [3.8, 4) is 11.4 Å². The van der Waals surface area contributed by atoms with Gasteiger partial charge in [0, 0.05) is 40.6 Å². The van der Waals surface area contributed by atoms with Crippen LogP contribution >= 0.6 is 0 Å². The van der Waals surface area contributed by atoms with Crippen LogP contribution in [0.15, 0.2) is 78.2 Å². The number of carbonyl (C=O) groups is 1. The first-order valence-electron chi connectivity index (χ1n) is 10.8. The topological polar surface area (TPSA) is 51.3 Å². The predicted octanol–water partition coefficient (Wildman–Crippen LogP) is 5.52. The lowest BCUT2D eigenvalue weighted by molar-refractivity contribution is 0.0955. The van der Waals surface area contributed by atoms with Gasteiger partial charge in [-0.15, -0.1) is 0 Å². The van der Waals surface area contributed by atoms with Crippen molar-refractivity contribution in [1.29, 1.82) is 0 Å². The molecule has 0 spiro atoms. The van der Waals surface area contributed by atoms with Gasteiger partial charge in [0.1, 0.15) is 0 Å². The van der Waals surface area contributed by atoms with Gasteiger partial charge in [0.2, 0.25) is 0 Å². The average Bonchev–Trinajstić information content (AvgIpc) is 3.43. The number of aryl methyl sites for hydroxylation is 3. The number of amides is 1. The predicted molar refractivity (Wildman–Crippen MR) is 130 cm³/mol. The molecule has 0 bridgehead atoms. The van der Waals surface area contributed by atoms with E-state index in [4.69, 9.17) is 0 Å². The molecule has 0 atom stereocenters. The number of hydrogen-bond donors (Lipinski definition) is 1. The fourth-order valence-corrected chi connectivity index (χ4v) is 4.10. The SMILES string of the molecule is CCc1cccc(C)c1-n1c(C)cc(/C=N/NC(=O)c2ccc(-n3cccc3)cc2)c1C. The maximum atomic E-state index is 12.5. The van der Waals surface area contributed by atoms with Crippen molar-refractivity contribution in [2.45, 2.75) is 34.1 Å². The van der Waals surface area contributed by atoms with Crippen molar-refractivity contribution in [2.75, 3.05) is 0 Å². The van der Waals surface area contributed by atoms with Gasteiger partial charge in [-0.1, -0.05) is 25.1 Å². The first-order chi connectivity index (χ1) is 15.5. The van der Waals surface area contributed by atoms with E-state index in [-0.39, 0.29) is 5.91 Å². The van der Waals surface area contributed by atoms with E-state index >= 15 is 0 Å². The highest BCUT2D eigenvalue weighted by Crippen LogP contribution is 2.26. The van der Waals surface area contributed by atoms with Crippen molar-refractivity contribution in [3.63, 3.8) is 0 Å². The number of nitrogens with zero attached hydrogens (tertiary/aromatic N) is 3. The molecule has 0 fully saturated rings. The van der Waals surface area contributed by atoms with E-state index in [1.807, 2.05) is 41.2 Å². The van der Waals surface area contributed by atoms with Crippen LogP contribution < -0.4 is 5.43 Å². The van der Waals surface area contributed by atoms with Gasteiger partial charge in [-0.05, 0) is 80.8 Å². The molecule has 0 aliphatic carbocycles. The fourth-order valence-electron chi connectivity index (χ4n) is 4.10. The maximum Gasteiger partial charge on any atom is 0.271 e. The molecule has 0 aliphatic rings. The Hall–Kier alpha value is -3.86. The van der Waals surface area contributed by atoms with Gasteiger partial charge in [-0.25, -0.2) is 5.43 Å². The Labute approximate surface area is 189 Å². The third-order valence-electron chi connectivity index (χ3n) is 5.80. The Morgan fingerprint density at radius 2 is 1.72 bits per heavy atom. The molecule has 5 heteroatoms. The number of aromatic nitrogens is 2. The number of benzene rings is 2. The number of para-hydroxylation sites is 1. The molecule has 32 heavy (non-hydrogen) atoms. The smallest absolute Gasteiger partial charge is 0.271 e. The van der Waals surface area contributed by atoms with Gasteiger partial charge in [-0.2, -0.15) is 5.10 Å². The average molecular weight is 425 g/mol. The minimum Gasteiger partial charge on any atom is -0.324 e. The van der Waals surface area contributed by atoms with E-state index in [0.29, 0.717) is 5.56 Å². The molecule has 0 saturated carbocycles. The lowest BCUT2D eigenvalue weighted by atomic mass is 10.1. The summed E-state index contributed by atoms with van der Waals surface area (Å²) in [7, 11) is 0. The second-order valence-corrected chi connectivity index (χ2v) is 7.93. The monoisotopic (exact) mass is 424 g/mol. The quantitative estimate of drug-likeness (QED) is 0.322. The summed E-state index contributed by atoms with van der Waals surface area (Å²) in [5, 5.41) is 4.22. The molecule has 2 aromatic heterocycles. The zero-order valence-electron chi connectivity index (χ0n) is 19.0. The highest BCUT2D eigenvalue weighted by molar-refractivity contribution is 5.95. The Balaban J connectivity index is 1.51. The standard InChI is InChI=1S/C27H28N4O/c1-5-22-10-8-9-19(2)26(22)31-20(3)17-24(21(31)4)18-28-29-27(32)23-11-13-25(14-12-23)30-15-6-7-16-30/h6-18H,5H2,1-4H3,(H,29,32)/b28-18+. The molecule has 162 valence electrons. The molecule has 2 heterocycles. The molecule has 2 aromatic carbocycles. The first-order valence-corrected chi connectivity index (χ1v) is 10.8. The Morgan fingerprint density at radius 1 is 1.00 bits per heavy atom. The third-order valence-corrected chi connectivity index (χ3v) is 5.80. The summed E-state index contributed by atoms with van der Waals surface area (Å²) >= 11 is 0. The van der Waals surface area contributed by atoms with E-state index in [1.165, 1.54) is 16.8 Å². The van der Waals surface area contributed by atoms with Gasteiger partial charge >= 0.3 is 0 Å². The highest BCUT2D eigenvalue weighted by Gasteiger charge is 2.14. The Morgan fingerprint density at radius 3 is 2.41 bits per heavy atom. The van der Waals surface area contributed by atoms with Gasteiger partial charge in [-0.3, -0.25) is 4.79 Å². The van der Waals surface area contributed by atoms with Crippen LogP contribution in [0.25, 0.3) is 11.4 Å². The summed E-state index contributed by atoms with van der Waals surface area (Å²) in [4.78, 5) is 12.5. The number of hydrazone groups is 1. The summed E-state index contributed by atoms with van der Waals surface area (Å²) in [5.41, 5.74) is 11.2. The van der Waals surface area contributed by atoms with Gasteiger partial charge in [0.05, 0.1) is 11.9 Å². The largest absolute Gasteiger partial charge is 0.324 e. The Kier molecular flexibility index (Phi) is 6.08. The Bertz CT molecular complexity index is 1260. The van der Waals surface area contributed by atoms with E-state index in [9.17, 15) is 4.79 Å². The van der Waals surface area contributed by atoms with Crippen LogP contribution in [0.2, 0.25) is 0 Å². The summed E-state index contributed by atoms with van der Waals surface area (Å²) in [5.74, 6) is -0.235. The van der Waals surface area contributed by atoms with Crippen molar-refractivity contribution in [3.05, 3.63) is 107 Å². The van der Waals surface area contributed by atoms with E-state index < -0.39 is 0 Å². The van der Waals surface area contributed by atoms with Crippen molar-refractivity contribution in [2.24, 2.45) is 5.10 Å². The van der Waals surface area contributed by atoms with Crippen LogP contribution in [0, 0.1) is 20.8 Å². The number of hydrogen-bond acceptors (Lipinski definition) is 2. The van der Waals surface area contributed by atoms with Crippen LogP contribution in [0.4, 0.5) is 0 Å². The van der Waals surface area contributed by atoms with E-state index in [1.54, 1.807) is 18.3 Å². The van der Waals surface area contributed by atoms with Crippen LogP contribution in [0.1, 0.15) is 45.4 Å². The molecular formula is C27H28N4O. The molecule has 0 unspecified atom stereocenters. The van der Waals surface area contributed by atoms with E-state index in [0.717, 1.165) is 29.1 Å². The van der Waals surface area contributed by atoms with Crippen LogP contribution in [-0.4, -0.2) is 21.3 Å². The van der Waals surface area contributed by atoms with Gasteiger partial charge in [0.25, 0.3) is 5.91 Å². The molecule has 5 nitrogen and oxygen atoms in total. The molecule has 0 radical (unpaired) electrons. The fraction of sp³-hybridized carbons (Fsp3) is 0.185. The second-order valence-electron chi connectivity index (χ2n) is 7.93. The lowest BCUT2D eigenvalue weighted by Gasteiger charge is -2.17. The maximum absolute atomic E-state index is 12.5. The lowest BCUT2D eigenvalue weighted by Crippen LogP contribution is -2.17. The van der Waals surface area contributed by atoms with Crippen LogP contribution in [-0.2, 0) is 6.42 Å². The first kappa shape index (κ1) is 21.4. The van der Waals surface area contributed by atoms with Gasteiger partial charge < -0.3 is 9.13 Å². The summed E-state index contributed by atoms with van der Waals surface area (Å²) < 4.78 is 4.27. The van der Waals surface area contributed by atoms with Crippen LogP contribution in [0.5, 0.6) is 0 Å². The molecule has 0 aliphatic heterocycles.